The van der Waals surface area contributed by atoms with E-state index in [1.165, 1.54) is 0 Å². The van der Waals surface area contributed by atoms with Gasteiger partial charge in [-0.1, -0.05) is 13.8 Å². The van der Waals surface area contributed by atoms with Crippen LogP contribution in [-0.4, -0.2) is 37.6 Å². The normalized spacial score (nSPS) is 12.3. The minimum atomic E-state index is -0.820. The van der Waals surface area contributed by atoms with Crippen LogP contribution >= 0.6 is 11.8 Å². The van der Waals surface area contributed by atoms with Crippen LogP contribution in [-0.2, 0) is 11.3 Å². The highest BCUT2D eigenvalue weighted by Gasteiger charge is 2.19. The Morgan fingerprint density at radius 2 is 1.86 bits per heavy atom. The Bertz CT molecular complexity index is 505. The molecule has 1 rings (SSSR count). The van der Waals surface area contributed by atoms with Crippen LogP contribution in [0.2, 0.25) is 0 Å². The highest BCUT2D eigenvalue weighted by atomic mass is 32.2. The zero-order chi connectivity index (χ0) is 16.7. The second-order valence-corrected chi connectivity index (χ2v) is 6.27. The fraction of sp³-hybridized carbons (Fsp3) is 0.562. The first-order chi connectivity index (χ1) is 10.4. The van der Waals surface area contributed by atoms with Crippen LogP contribution in [0.3, 0.4) is 0 Å². The minimum Gasteiger partial charge on any atom is -0.493 e. The Labute approximate surface area is 136 Å². The van der Waals surface area contributed by atoms with Crippen LogP contribution in [0, 0.1) is 5.92 Å². The Morgan fingerprint density at radius 3 is 2.32 bits per heavy atom. The number of nitrogens with one attached hydrogen (secondary N) is 1. The molecule has 1 unspecified atom stereocenters. The number of carboxylic acid groups (broad SMARTS) is 1. The van der Waals surface area contributed by atoms with Crippen molar-refractivity contribution in [3.8, 4) is 11.5 Å². The number of hydrogen-bond donors (Lipinski definition) is 2. The van der Waals surface area contributed by atoms with Gasteiger partial charge in [0.15, 0.2) is 11.5 Å². The number of benzene rings is 1. The van der Waals surface area contributed by atoms with Gasteiger partial charge in [-0.15, -0.1) is 11.8 Å². The van der Waals surface area contributed by atoms with Crippen molar-refractivity contribution in [2.24, 2.45) is 5.92 Å². The molecule has 124 valence electrons. The Kier molecular flexibility index (Phi) is 7.55. The van der Waals surface area contributed by atoms with E-state index in [1.807, 2.05) is 32.2 Å². The molecule has 2 N–H and O–H groups in total. The first kappa shape index (κ1) is 18.6. The molecule has 0 aliphatic carbocycles. The summed E-state index contributed by atoms with van der Waals surface area (Å²) < 4.78 is 10.6. The number of hydrogen-bond acceptors (Lipinski definition) is 5. The Hall–Kier alpha value is -1.40. The highest BCUT2D eigenvalue weighted by molar-refractivity contribution is 7.98. The summed E-state index contributed by atoms with van der Waals surface area (Å²) in [5.74, 6) is 0.819. The molecule has 0 aromatic heterocycles. The van der Waals surface area contributed by atoms with E-state index < -0.39 is 12.0 Å². The van der Waals surface area contributed by atoms with E-state index in [4.69, 9.17) is 9.47 Å². The number of carbonyl (C=O) groups is 1. The number of rotatable bonds is 9. The van der Waals surface area contributed by atoms with Gasteiger partial charge in [-0.3, -0.25) is 4.79 Å². The molecule has 5 nitrogen and oxygen atoms in total. The van der Waals surface area contributed by atoms with Crippen LogP contribution < -0.4 is 14.8 Å². The van der Waals surface area contributed by atoms with Gasteiger partial charge in [-0.25, -0.2) is 0 Å². The SMILES string of the molecule is COc1cc(CNC(CC(C)C)C(=O)O)c(SC)cc1OC. The molecular weight excluding hydrogens is 302 g/mol. The Balaban J connectivity index is 2.93. The third-order valence-electron chi connectivity index (χ3n) is 3.33. The number of thioether (sulfide) groups is 1. The lowest BCUT2D eigenvalue weighted by molar-refractivity contribution is -0.140. The largest absolute Gasteiger partial charge is 0.493 e. The van der Waals surface area contributed by atoms with Gasteiger partial charge >= 0.3 is 5.97 Å². The highest BCUT2D eigenvalue weighted by Crippen LogP contribution is 2.34. The first-order valence-electron chi connectivity index (χ1n) is 7.18. The number of carboxylic acids is 1. The molecule has 0 radical (unpaired) electrons. The summed E-state index contributed by atoms with van der Waals surface area (Å²) in [7, 11) is 3.19. The third-order valence-corrected chi connectivity index (χ3v) is 4.15. The summed E-state index contributed by atoms with van der Waals surface area (Å²) >= 11 is 1.60. The zero-order valence-electron chi connectivity index (χ0n) is 13.8. The molecule has 0 saturated heterocycles. The lowest BCUT2D eigenvalue weighted by atomic mass is 10.0. The fourth-order valence-electron chi connectivity index (χ4n) is 2.21. The maximum absolute atomic E-state index is 11.3. The van der Waals surface area contributed by atoms with Crippen molar-refractivity contribution in [2.45, 2.75) is 37.8 Å². The minimum absolute atomic E-state index is 0.319. The van der Waals surface area contributed by atoms with Crippen molar-refractivity contribution < 1.29 is 19.4 Å². The van der Waals surface area contributed by atoms with Crippen LogP contribution in [0.4, 0.5) is 0 Å². The predicted octanol–water partition coefficient (Wildman–Crippen LogP) is 3.01. The average Bonchev–Trinajstić information content (AvgIpc) is 2.49. The summed E-state index contributed by atoms with van der Waals surface area (Å²) in [6.45, 7) is 4.50. The van der Waals surface area contributed by atoms with E-state index in [-0.39, 0.29) is 0 Å². The molecule has 1 aromatic rings. The molecule has 0 aliphatic rings. The van der Waals surface area contributed by atoms with Gasteiger partial charge in [0.05, 0.1) is 14.2 Å². The molecule has 1 atom stereocenters. The molecule has 0 amide bonds. The smallest absolute Gasteiger partial charge is 0.320 e. The summed E-state index contributed by atoms with van der Waals surface area (Å²) in [6, 6.07) is 3.26. The number of aliphatic carboxylic acids is 1. The maximum Gasteiger partial charge on any atom is 0.320 e. The van der Waals surface area contributed by atoms with Crippen molar-refractivity contribution in [1.82, 2.24) is 5.32 Å². The predicted molar refractivity (Wildman–Crippen MR) is 89.0 cm³/mol. The van der Waals surface area contributed by atoms with E-state index in [0.717, 1.165) is 10.5 Å². The molecule has 22 heavy (non-hydrogen) atoms. The molecule has 0 heterocycles. The molecule has 0 saturated carbocycles. The monoisotopic (exact) mass is 327 g/mol. The number of methoxy groups -OCH3 is 2. The molecule has 1 aromatic carbocycles. The standard InChI is InChI=1S/C16H25NO4S/c1-10(2)6-12(16(18)19)17-9-11-7-13(20-3)14(21-4)8-15(11)22-5/h7-8,10,12,17H,6,9H2,1-5H3,(H,18,19). The number of ether oxygens (including phenoxy) is 2. The summed E-state index contributed by atoms with van der Waals surface area (Å²) in [6.07, 6.45) is 2.57. The van der Waals surface area contributed by atoms with E-state index in [0.29, 0.717) is 30.4 Å². The molecule has 0 spiro atoms. The molecule has 0 aliphatic heterocycles. The lowest BCUT2D eigenvalue weighted by Crippen LogP contribution is -2.37. The van der Waals surface area contributed by atoms with E-state index >= 15 is 0 Å². The van der Waals surface area contributed by atoms with Gasteiger partial charge in [0.1, 0.15) is 6.04 Å². The summed E-state index contributed by atoms with van der Waals surface area (Å²) in [5, 5.41) is 12.4. The topological polar surface area (TPSA) is 67.8 Å². The third kappa shape index (κ3) is 5.10. The van der Waals surface area contributed by atoms with Crippen molar-refractivity contribution >= 4 is 17.7 Å². The zero-order valence-corrected chi connectivity index (χ0v) is 14.6. The van der Waals surface area contributed by atoms with Gasteiger partial charge in [0.25, 0.3) is 0 Å². The fourth-order valence-corrected chi connectivity index (χ4v) is 2.82. The van der Waals surface area contributed by atoms with Gasteiger partial charge < -0.3 is 19.9 Å². The molecule has 0 fully saturated rings. The van der Waals surface area contributed by atoms with Crippen molar-refractivity contribution in [3.05, 3.63) is 17.7 Å². The summed E-state index contributed by atoms with van der Waals surface area (Å²) in [4.78, 5) is 12.4. The van der Waals surface area contributed by atoms with E-state index in [1.54, 1.807) is 26.0 Å². The van der Waals surface area contributed by atoms with Crippen molar-refractivity contribution in [3.63, 3.8) is 0 Å². The van der Waals surface area contributed by atoms with Gasteiger partial charge in [-0.2, -0.15) is 0 Å². The average molecular weight is 327 g/mol. The van der Waals surface area contributed by atoms with E-state index in [2.05, 4.69) is 5.32 Å². The van der Waals surface area contributed by atoms with Crippen molar-refractivity contribution in [1.29, 1.82) is 0 Å². The molecule has 6 heteroatoms. The molecular formula is C16H25NO4S. The Morgan fingerprint density at radius 1 is 1.27 bits per heavy atom. The molecule has 0 bridgehead atoms. The van der Waals surface area contributed by atoms with Gasteiger partial charge in [0, 0.05) is 11.4 Å². The summed E-state index contributed by atoms with van der Waals surface area (Å²) in [5.41, 5.74) is 1.00. The van der Waals surface area contributed by atoms with Crippen molar-refractivity contribution in [2.75, 3.05) is 20.5 Å². The van der Waals surface area contributed by atoms with Gasteiger partial charge in [-0.05, 0) is 36.3 Å². The van der Waals surface area contributed by atoms with Crippen LogP contribution in [0.15, 0.2) is 17.0 Å². The van der Waals surface area contributed by atoms with Crippen LogP contribution in [0.1, 0.15) is 25.8 Å². The first-order valence-corrected chi connectivity index (χ1v) is 8.40. The van der Waals surface area contributed by atoms with E-state index in [9.17, 15) is 9.90 Å². The van der Waals surface area contributed by atoms with Crippen LogP contribution in [0.5, 0.6) is 11.5 Å². The maximum atomic E-state index is 11.3. The quantitative estimate of drug-likeness (QED) is 0.680. The lowest BCUT2D eigenvalue weighted by Gasteiger charge is -2.18. The van der Waals surface area contributed by atoms with Crippen LogP contribution in [0.25, 0.3) is 0 Å². The second-order valence-electron chi connectivity index (χ2n) is 5.42. The van der Waals surface area contributed by atoms with Gasteiger partial charge in [0.2, 0.25) is 0 Å². The second kappa shape index (κ2) is 8.90.